The topological polar surface area (TPSA) is 81.7 Å². The van der Waals surface area contributed by atoms with Crippen molar-refractivity contribution in [3.63, 3.8) is 0 Å². The van der Waals surface area contributed by atoms with Crippen LogP contribution in [0.3, 0.4) is 0 Å². The molecule has 0 bridgehead atoms. The van der Waals surface area contributed by atoms with E-state index < -0.39 is 11.8 Å². The first-order chi connectivity index (χ1) is 21.9. The van der Waals surface area contributed by atoms with Crippen molar-refractivity contribution in [3.05, 3.63) is 0 Å². The van der Waals surface area contributed by atoms with E-state index in [1.165, 1.54) is 44.9 Å². The van der Waals surface area contributed by atoms with Gasteiger partial charge in [-0.1, -0.05) is 27.7 Å². The summed E-state index contributed by atoms with van der Waals surface area (Å²) in [7, 11) is 1.68. The summed E-state index contributed by atoms with van der Waals surface area (Å²) < 4.78 is 42.1. The fourth-order valence-corrected chi connectivity index (χ4v) is 13.9. The van der Waals surface area contributed by atoms with Crippen molar-refractivity contribution in [1.82, 2.24) is 0 Å². The molecule has 8 nitrogen and oxygen atoms in total. The van der Waals surface area contributed by atoms with Crippen molar-refractivity contribution in [2.75, 3.05) is 20.5 Å². The Morgan fingerprint density at radius 3 is 2.43 bits per heavy atom. The maximum absolute atomic E-state index is 11.9. The summed E-state index contributed by atoms with van der Waals surface area (Å²) in [4.78, 5) is 11.9. The molecule has 3 saturated heterocycles. The van der Waals surface area contributed by atoms with Crippen LogP contribution in [0, 0.1) is 51.2 Å². The maximum atomic E-state index is 11.9. The highest BCUT2D eigenvalue weighted by atomic mass is 16.8. The Morgan fingerprint density at radius 1 is 0.870 bits per heavy atom. The van der Waals surface area contributed by atoms with E-state index in [9.17, 15) is 4.79 Å². The first-order valence-corrected chi connectivity index (χ1v) is 18.8. The van der Waals surface area contributed by atoms with E-state index in [1.54, 1.807) is 7.11 Å². The normalized spacial score (nSPS) is 53.1. The van der Waals surface area contributed by atoms with Crippen LogP contribution >= 0.6 is 0 Å². The van der Waals surface area contributed by atoms with Crippen LogP contribution in [0.2, 0.25) is 0 Å². The van der Waals surface area contributed by atoms with E-state index in [4.69, 9.17) is 33.2 Å². The fourth-order valence-electron chi connectivity index (χ4n) is 13.9. The molecule has 2 spiro atoms. The van der Waals surface area contributed by atoms with Gasteiger partial charge in [0.05, 0.1) is 31.0 Å². The van der Waals surface area contributed by atoms with Gasteiger partial charge in [0.25, 0.3) is 0 Å². The Labute approximate surface area is 276 Å². The van der Waals surface area contributed by atoms with Crippen molar-refractivity contribution in [3.8, 4) is 0 Å². The molecule has 0 aromatic carbocycles. The minimum Gasteiger partial charge on any atom is -0.427 e. The number of ether oxygens (including phenoxy) is 7. The van der Waals surface area contributed by atoms with Crippen LogP contribution in [0.1, 0.15) is 119 Å². The van der Waals surface area contributed by atoms with Gasteiger partial charge in [0, 0.05) is 20.0 Å². The van der Waals surface area contributed by atoms with Crippen molar-refractivity contribution in [2.45, 2.75) is 161 Å². The minimum absolute atomic E-state index is 0.118. The molecule has 0 aromatic rings. The summed E-state index contributed by atoms with van der Waals surface area (Å²) in [5, 5.41) is 0. The number of hydrogen-bond acceptors (Lipinski definition) is 8. The molecular weight excluding hydrogens is 584 g/mol. The molecule has 46 heavy (non-hydrogen) atoms. The summed E-state index contributed by atoms with van der Waals surface area (Å²) in [5.41, 5.74) is 0.838. The van der Waals surface area contributed by atoms with Gasteiger partial charge < -0.3 is 33.2 Å². The second-order valence-electron chi connectivity index (χ2n) is 18.2. The largest absolute Gasteiger partial charge is 0.509 e. The van der Waals surface area contributed by atoms with Gasteiger partial charge in [-0.15, -0.1) is 0 Å². The zero-order valence-corrected chi connectivity index (χ0v) is 29.5. The third kappa shape index (κ3) is 4.51. The molecule has 0 radical (unpaired) electrons. The van der Waals surface area contributed by atoms with Crippen LogP contribution in [-0.4, -0.2) is 69.1 Å². The highest BCUT2D eigenvalue weighted by Crippen LogP contribution is 2.89. The first kappa shape index (κ1) is 32.3. The molecule has 8 rings (SSSR count). The number of cyclic esters (lactones) is 2. The molecule has 3 heterocycles. The van der Waals surface area contributed by atoms with Gasteiger partial charge in [0.1, 0.15) is 18.5 Å². The van der Waals surface area contributed by atoms with E-state index in [0.29, 0.717) is 47.6 Å². The van der Waals surface area contributed by atoms with Gasteiger partial charge in [-0.05, 0) is 129 Å². The lowest BCUT2D eigenvalue weighted by atomic mass is 9.46. The number of carbonyl (C=O) groups is 1. The minimum atomic E-state index is -0.587. The van der Waals surface area contributed by atoms with Crippen LogP contribution in [-0.2, 0) is 33.2 Å². The van der Waals surface area contributed by atoms with Crippen LogP contribution in [0.25, 0.3) is 0 Å². The van der Waals surface area contributed by atoms with E-state index in [-0.39, 0.29) is 36.1 Å². The average molecular weight is 645 g/mol. The molecule has 3 aliphatic heterocycles. The Kier molecular flexibility index (Phi) is 7.75. The van der Waals surface area contributed by atoms with Crippen molar-refractivity contribution < 1.29 is 38.0 Å². The molecule has 14 atom stereocenters. The Bertz CT molecular complexity index is 1190. The quantitative estimate of drug-likeness (QED) is 0.159. The predicted octanol–water partition coefficient (Wildman–Crippen LogP) is 7.65. The number of fused-ring (bicyclic) bond motifs is 4. The number of rotatable bonds is 7. The molecule has 8 heteroatoms. The SMILES string of the molecule is COCO[C@H]1CCOC(O[C@H]2CC[C@@]34C(CC[C@H]5C6CC7OC(C[C@@H]8OC(=O)OC8(C)C)CCC7[C@@]6(C)CC[C@]53[C@@H]4C)C2(C)C)C1. The molecule has 6 unspecified atom stereocenters. The number of carbonyl (C=O) groups excluding carboxylic acids is 1. The Morgan fingerprint density at radius 2 is 1.67 bits per heavy atom. The third-order valence-corrected chi connectivity index (χ3v) is 16.1. The lowest BCUT2D eigenvalue weighted by Crippen LogP contribution is -2.55. The zero-order chi connectivity index (χ0) is 32.3. The molecule has 0 amide bonds. The number of methoxy groups -OCH3 is 1. The second kappa shape index (κ2) is 11.0. The Balaban J connectivity index is 0.962. The highest BCUT2D eigenvalue weighted by molar-refractivity contribution is 5.63. The summed E-state index contributed by atoms with van der Waals surface area (Å²) in [6.07, 6.45) is 13.7. The summed E-state index contributed by atoms with van der Waals surface area (Å²) in [6.45, 7) is 15.2. The van der Waals surface area contributed by atoms with Crippen LogP contribution < -0.4 is 0 Å². The zero-order valence-electron chi connectivity index (χ0n) is 29.5. The van der Waals surface area contributed by atoms with E-state index in [0.717, 1.165) is 49.9 Å². The molecular formula is C38H60O8. The summed E-state index contributed by atoms with van der Waals surface area (Å²) in [6, 6.07) is 0. The fraction of sp³-hybridized carbons (Fsp3) is 0.974. The van der Waals surface area contributed by atoms with Crippen LogP contribution in [0.15, 0.2) is 0 Å². The molecule has 260 valence electrons. The standard InChI is InChI=1S/C38H60O8/c1-22-37-16-15-36(6)26-9-8-24(18-31-35(4,5)46-33(39)45-31)43-28(26)20-27(36)25(37)10-11-29-34(2,3)30(12-14-38(22,29)37)44-32-19-23(13-17-41-32)42-21-40-7/h22-32H,8-21H2,1-7H3/t22-,23-,24?,25-,26?,27?,28?,29?,30-,31-,32?,36+,37-,38+/m0/s1. The molecule has 0 aromatic heterocycles. The molecule has 0 N–H and O–H groups in total. The molecule has 8 aliphatic rings. The van der Waals surface area contributed by atoms with E-state index in [2.05, 4.69) is 27.7 Å². The van der Waals surface area contributed by atoms with Gasteiger partial charge in [0.15, 0.2) is 6.29 Å². The molecule has 5 aliphatic carbocycles. The predicted molar refractivity (Wildman–Crippen MR) is 171 cm³/mol. The van der Waals surface area contributed by atoms with E-state index >= 15 is 0 Å². The second-order valence-corrected chi connectivity index (χ2v) is 18.2. The highest BCUT2D eigenvalue weighted by Gasteiger charge is 2.84. The van der Waals surface area contributed by atoms with E-state index in [1.807, 2.05) is 13.8 Å². The summed E-state index contributed by atoms with van der Waals surface area (Å²) in [5.74, 6) is 3.69. The van der Waals surface area contributed by atoms with Gasteiger partial charge >= 0.3 is 6.16 Å². The monoisotopic (exact) mass is 644 g/mol. The van der Waals surface area contributed by atoms with Gasteiger partial charge in [-0.3, -0.25) is 0 Å². The lowest BCUT2D eigenvalue weighted by molar-refractivity contribution is -0.255. The molecule has 5 saturated carbocycles. The smallest absolute Gasteiger partial charge is 0.427 e. The van der Waals surface area contributed by atoms with Gasteiger partial charge in [0.2, 0.25) is 0 Å². The lowest BCUT2D eigenvalue weighted by Gasteiger charge is -2.59. The van der Waals surface area contributed by atoms with Crippen molar-refractivity contribution in [2.24, 2.45) is 51.2 Å². The average Bonchev–Trinajstić information content (AvgIpc) is 3.21. The maximum Gasteiger partial charge on any atom is 0.509 e. The van der Waals surface area contributed by atoms with Crippen LogP contribution in [0.4, 0.5) is 4.79 Å². The van der Waals surface area contributed by atoms with Crippen molar-refractivity contribution >= 4 is 6.16 Å². The third-order valence-electron chi connectivity index (χ3n) is 16.1. The van der Waals surface area contributed by atoms with Crippen molar-refractivity contribution in [1.29, 1.82) is 0 Å². The Hall–Kier alpha value is -0.930. The van der Waals surface area contributed by atoms with Gasteiger partial charge in [-0.2, -0.15) is 0 Å². The first-order valence-electron chi connectivity index (χ1n) is 18.8. The number of hydrogen-bond donors (Lipinski definition) is 0. The van der Waals surface area contributed by atoms with Crippen LogP contribution in [0.5, 0.6) is 0 Å². The molecule has 8 fully saturated rings. The summed E-state index contributed by atoms with van der Waals surface area (Å²) >= 11 is 0. The van der Waals surface area contributed by atoms with Gasteiger partial charge in [-0.25, -0.2) is 4.79 Å².